The number of nitrogens with two attached hydrogens (primary N) is 1. The first-order valence-corrected chi connectivity index (χ1v) is 5.60. The molecule has 0 saturated carbocycles. The highest BCUT2D eigenvalue weighted by Crippen LogP contribution is 2.17. The summed E-state index contributed by atoms with van der Waals surface area (Å²) in [5, 5.41) is 4.32. The number of aryl methyl sites for hydroxylation is 1. The first kappa shape index (κ1) is 10.6. The van der Waals surface area contributed by atoms with Gasteiger partial charge in [0.05, 0.1) is 11.8 Å². The molecule has 2 atom stereocenters. The van der Waals surface area contributed by atoms with E-state index < -0.39 is 0 Å². The van der Waals surface area contributed by atoms with Gasteiger partial charge in [-0.2, -0.15) is 5.10 Å². The molecule has 2 heterocycles. The van der Waals surface area contributed by atoms with E-state index in [9.17, 15) is 0 Å². The van der Waals surface area contributed by atoms with Crippen LogP contribution in [0.5, 0.6) is 0 Å². The van der Waals surface area contributed by atoms with Crippen LogP contribution >= 0.6 is 0 Å². The zero-order valence-electron chi connectivity index (χ0n) is 9.22. The Hall–Kier alpha value is -0.870. The normalized spacial score (nSPS) is 23.2. The van der Waals surface area contributed by atoms with Crippen molar-refractivity contribution in [1.29, 1.82) is 0 Å². The van der Waals surface area contributed by atoms with Gasteiger partial charge in [-0.1, -0.05) is 0 Å². The van der Waals surface area contributed by atoms with Crippen molar-refractivity contribution in [2.75, 3.05) is 6.61 Å². The summed E-state index contributed by atoms with van der Waals surface area (Å²) in [7, 11) is 1.93. The molecule has 2 rings (SSSR count). The molecule has 2 N–H and O–H groups in total. The quantitative estimate of drug-likeness (QED) is 0.800. The van der Waals surface area contributed by atoms with Crippen LogP contribution in [0.4, 0.5) is 0 Å². The maximum atomic E-state index is 6.07. The summed E-state index contributed by atoms with van der Waals surface area (Å²) in [6.45, 7) is 0.904. The molecule has 0 bridgehead atoms. The summed E-state index contributed by atoms with van der Waals surface area (Å²) < 4.78 is 7.37. The van der Waals surface area contributed by atoms with Crippen LogP contribution in [0.1, 0.15) is 25.0 Å². The standard InChI is InChI=1S/C11H19N3O/c1-14-5-4-10(13-14)7-9(12)8-11-3-2-6-15-11/h4-5,9,11H,2-3,6-8,12H2,1H3. The Morgan fingerprint density at radius 2 is 2.60 bits per heavy atom. The third-order valence-corrected chi connectivity index (χ3v) is 2.83. The van der Waals surface area contributed by atoms with E-state index in [1.54, 1.807) is 0 Å². The van der Waals surface area contributed by atoms with Gasteiger partial charge in [-0.15, -0.1) is 0 Å². The fourth-order valence-electron chi connectivity index (χ4n) is 2.09. The first-order valence-electron chi connectivity index (χ1n) is 5.60. The van der Waals surface area contributed by atoms with E-state index in [0.717, 1.165) is 31.6 Å². The molecule has 0 aliphatic carbocycles. The van der Waals surface area contributed by atoms with Gasteiger partial charge in [0.1, 0.15) is 0 Å². The highest BCUT2D eigenvalue weighted by molar-refractivity contribution is 5.01. The topological polar surface area (TPSA) is 53.1 Å². The first-order chi connectivity index (χ1) is 7.24. The van der Waals surface area contributed by atoms with E-state index in [2.05, 4.69) is 5.10 Å². The van der Waals surface area contributed by atoms with E-state index >= 15 is 0 Å². The number of hydrogen-bond donors (Lipinski definition) is 1. The van der Waals surface area contributed by atoms with Crippen molar-refractivity contribution in [1.82, 2.24) is 9.78 Å². The fourth-order valence-corrected chi connectivity index (χ4v) is 2.09. The number of hydrogen-bond acceptors (Lipinski definition) is 3. The van der Waals surface area contributed by atoms with Crippen LogP contribution in [0.2, 0.25) is 0 Å². The smallest absolute Gasteiger partial charge is 0.0639 e. The summed E-state index contributed by atoms with van der Waals surface area (Å²) in [5.41, 5.74) is 7.14. The molecule has 84 valence electrons. The third-order valence-electron chi connectivity index (χ3n) is 2.83. The summed E-state index contributed by atoms with van der Waals surface area (Å²) in [6.07, 6.45) is 6.48. The van der Waals surface area contributed by atoms with E-state index in [0.29, 0.717) is 6.10 Å². The number of rotatable bonds is 4. The van der Waals surface area contributed by atoms with Crippen LogP contribution in [-0.4, -0.2) is 28.5 Å². The molecule has 1 fully saturated rings. The van der Waals surface area contributed by atoms with Crippen molar-refractivity contribution < 1.29 is 4.74 Å². The molecular weight excluding hydrogens is 190 g/mol. The number of nitrogens with zero attached hydrogens (tertiary/aromatic N) is 2. The lowest BCUT2D eigenvalue weighted by Gasteiger charge is -2.14. The molecule has 1 aromatic heterocycles. The van der Waals surface area contributed by atoms with Crippen LogP contribution in [0, 0.1) is 0 Å². The van der Waals surface area contributed by atoms with Crippen molar-refractivity contribution >= 4 is 0 Å². The number of aromatic nitrogens is 2. The average Bonchev–Trinajstić information content (AvgIpc) is 2.77. The molecule has 15 heavy (non-hydrogen) atoms. The van der Waals surface area contributed by atoms with Crippen molar-refractivity contribution in [2.24, 2.45) is 12.8 Å². The van der Waals surface area contributed by atoms with E-state index in [1.165, 1.54) is 6.42 Å². The summed E-state index contributed by atoms with van der Waals surface area (Å²) in [5.74, 6) is 0. The molecule has 0 radical (unpaired) electrons. The Balaban J connectivity index is 1.78. The molecule has 2 unspecified atom stereocenters. The molecule has 0 amide bonds. The molecular formula is C11H19N3O. The zero-order valence-corrected chi connectivity index (χ0v) is 9.22. The van der Waals surface area contributed by atoms with Gasteiger partial charge in [0, 0.05) is 32.3 Å². The van der Waals surface area contributed by atoms with Crippen molar-refractivity contribution in [2.45, 2.75) is 37.8 Å². The molecule has 4 heteroatoms. The molecule has 1 saturated heterocycles. The Kier molecular flexibility index (Phi) is 3.38. The van der Waals surface area contributed by atoms with Gasteiger partial charge in [-0.3, -0.25) is 4.68 Å². The monoisotopic (exact) mass is 209 g/mol. The fraction of sp³-hybridized carbons (Fsp3) is 0.727. The lowest BCUT2D eigenvalue weighted by molar-refractivity contribution is 0.0982. The Morgan fingerprint density at radius 3 is 3.20 bits per heavy atom. The molecule has 1 aliphatic rings. The van der Waals surface area contributed by atoms with E-state index in [1.807, 2.05) is 24.0 Å². The summed E-state index contributed by atoms with van der Waals surface area (Å²) in [4.78, 5) is 0. The molecule has 0 spiro atoms. The van der Waals surface area contributed by atoms with Crippen LogP contribution < -0.4 is 5.73 Å². The number of ether oxygens (including phenoxy) is 1. The van der Waals surface area contributed by atoms with Crippen LogP contribution in [0.25, 0.3) is 0 Å². The molecule has 1 aliphatic heterocycles. The maximum absolute atomic E-state index is 6.07. The minimum absolute atomic E-state index is 0.169. The Bertz CT molecular complexity index is 305. The average molecular weight is 209 g/mol. The van der Waals surface area contributed by atoms with Crippen LogP contribution in [-0.2, 0) is 18.2 Å². The second kappa shape index (κ2) is 4.77. The SMILES string of the molecule is Cn1ccc(CC(N)CC2CCCO2)n1. The highest BCUT2D eigenvalue weighted by atomic mass is 16.5. The second-order valence-corrected chi connectivity index (χ2v) is 4.32. The summed E-state index contributed by atoms with van der Waals surface area (Å²) >= 11 is 0. The van der Waals surface area contributed by atoms with E-state index in [-0.39, 0.29) is 6.04 Å². The lowest BCUT2D eigenvalue weighted by Crippen LogP contribution is -2.28. The van der Waals surface area contributed by atoms with Crippen molar-refractivity contribution in [3.8, 4) is 0 Å². The highest BCUT2D eigenvalue weighted by Gasteiger charge is 2.19. The van der Waals surface area contributed by atoms with Crippen molar-refractivity contribution in [3.63, 3.8) is 0 Å². The third kappa shape index (κ3) is 3.04. The minimum Gasteiger partial charge on any atom is -0.378 e. The lowest BCUT2D eigenvalue weighted by atomic mass is 10.0. The van der Waals surface area contributed by atoms with Gasteiger partial charge in [0.15, 0.2) is 0 Å². The molecule has 0 aromatic carbocycles. The maximum Gasteiger partial charge on any atom is 0.0639 e. The van der Waals surface area contributed by atoms with Crippen molar-refractivity contribution in [3.05, 3.63) is 18.0 Å². The summed E-state index contributed by atoms with van der Waals surface area (Å²) in [6, 6.07) is 2.19. The zero-order chi connectivity index (χ0) is 10.7. The second-order valence-electron chi connectivity index (χ2n) is 4.32. The Morgan fingerprint density at radius 1 is 1.73 bits per heavy atom. The van der Waals surface area contributed by atoms with Gasteiger partial charge in [-0.05, 0) is 25.3 Å². The van der Waals surface area contributed by atoms with Crippen LogP contribution in [0.3, 0.4) is 0 Å². The van der Waals surface area contributed by atoms with E-state index in [4.69, 9.17) is 10.5 Å². The molecule has 4 nitrogen and oxygen atoms in total. The minimum atomic E-state index is 0.169. The van der Waals surface area contributed by atoms with Gasteiger partial charge in [-0.25, -0.2) is 0 Å². The predicted molar refractivity (Wildman–Crippen MR) is 58.5 cm³/mol. The van der Waals surface area contributed by atoms with Gasteiger partial charge in [0.25, 0.3) is 0 Å². The predicted octanol–water partition coefficient (Wildman–Crippen LogP) is 0.859. The largest absolute Gasteiger partial charge is 0.378 e. The van der Waals surface area contributed by atoms with Gasteiger partial charge < -0.3 is 10.5 Å². The van der Waals surface area contributed by atoms with Gasteiger partial charge in [0.2, 0.25) is 0 Å². The molecule has 1 aromatic rings. The Labute approximate surface area is 90.4 Å². The van der Waals surface area contributed by atoms with Crippen LogP contribution in [0.15, 0.2) is 12.3 Å². The van der Waals surface area contributed by atoms with Gasteiger partial charge >= 0.3 is 0 Å².